The SMILES string of the molecule is COc1cc(Cl)nc(NC(=O)c2ccc(Br)cc2Br)n1. The third kappa shape index (κ3) is 3.68. The molecule has 1 N–H and O–H groups in total. The summed E-state index contributed by atoms with van der Waals surface area (Å²) in [5, 5.41) is 2.75. The summed E-state index contributed by atoms with van der Waals surface area (Å²) in [6.07, 6.45) is 0. The zero-order valence-electron chi connectivity index (χ0n) is 10.2. The van der Waals surface area contributed by atoms with E-state index < -0.39 is 0 Å². The number of hydrogen-bond acceptors (Lipinski definition) is 4. The summed E-state index contributed by atoms with van der Waals surface area (Å²) in [6, 6.07) is 6.66. The second kappa shape index (κ2) is 6.51. The highest BCUT2D eigenvalue weighted by molar-refractivity contribution is 9.11. The predicted molar refractivity (Wildman–Crippen MR) is 83.4 cm³/mol. The van der Waals surface area contributed by atoms with E-state index in [1.807, 2.05) is 0 Å². The smallest absolute Gasteiger partial charge is 0.259 e. The van der Waals surface area contributed by atoms with Crippen LogP contribution in [0.15, 0.2) is 33.2 Å². The van der Waals surface area contributed by atoms with Gasteiger partial charge in [0.1, 0.15) is 5.15 Å². The Morgan fingerprint density at radius 3 is 2.70 bits per heavy atom. The molecule has 0 saturated heterocycles. The van der Waals surface area contributed by atoms with Gasteiger partial charge in [-0.15, -0.1) is 0 Å². The van der Waals surface area contributed by atoms with E-state index in [9.17, 15) is 4.79 Å². The van der Waals surface area contributed by atoms with Crippen LogP contribution in [0.25, 0.3) is 0 Å². The lowest BCUT2D eigenvalue weighted by atomic mass is 10.2. The lowest BCUT2D eigenvalue weighted by molar-refractivity contribution is 0.102. The van der Waals surface area contributed by atoms with E-state index in [1.54, 1.807) is 18.2 Å². The Bertz CT molecular complexity index is 667. The van der Waals surface area contributed by atoms with Crippen molar-refractivity contribution in [1.82, 2.24) is 9.97 Å². The summed E-state index contributed by atoms with van der Waals surface area (Å²) in [7, 11) is 1.45. The molecule has 0 fully saturated rings. The zero-order chi connectivity index (χ0) is 14.7. The van der Waals surface area contributed by atoms with Crippen molar-refractivity contribution in [2.75, 3.05) is 12.4 Å². The molecule has 1 amide bonds. The molecule has 0 aliphatic carbocycles. The molecule has 1 heterocycles. The van der Waals surface area contributed by atoms with E-state index in [0.717, 1.165) is 4.47 Å². The minimum atomic E-state index is -0.353. The topological polar surface area (TPSA) is 64.1 Å². The molecule has 104 valence electrons. The molecule has 1 aromatic heterocycles. The quantitative estimate of drug-likeness (QED) is 0.763. The van der Waals surface area contributed by atoms with Gasteiger partial charge >= 0.3 is 0 Å². The molecule has 0 radical (unpaired) electrons. The number of carbonyl (C=O) groups excluding carboxylic acids is 1. The number of hydrogen-bond donors (Lipinski definition) is 1. The highest BCUT2D eigenvalue weighted by Gasteiger charge is 2.13. The second-order valence-corrected chi connectivity index (χ2v) is 5.79. The maximum atomic E-state index is 12.1. The van der Waals surface area contributed by atoms with Gasteiger partial charge in [0.05, 0.1) is 12.7 Å². The number of rotatable bonds is 3. The number of ether oxygens (including phenoxy) is 1. The fraction of sp³-hybridized carbons (Fsp3) is 0.0833. The summed E-state index contributed by atoms with van der Waals surface area (Å²) in [5.41, 5.74) is 0.454. The number of nitrogens with zero attached hydrogens (tertiary/aromatic N) is 2. The first-order valence-corrected chi connectivity index (χ1v) is 7.31. The third-order valence-corrected chi connectivity index (χ3v) is 3.62. The number of benzene rings is 1. The van der Waals surface area contributed by atoms with Crippen molar-refractivity contribution in [2.45, 2.75) is 0 Å². The van der Waals surface area contributed by atoms with E-state index in [1.165, 1.54) is 13.2 Å². The lowest BCUT2D eigenvalue weighted by Crippen LogP contribution is -2.15. The first-order chi connectivity index (χ1) is 9.49. The van der Waals surface area contributed by atoms with Gasteiger partial charge in [-0.25, -0.2) is 4.98 Å². The molecule has 8 heteroatoms. The first-order valence-electron chi connectivity index (χ1n) is 5.34. The third-order valence-electron chi connectivity index (χ3n) is 2.28. The lowest BCUT2D eigenvalue weighted by Gasteiger charge is -2.07. The summed E-state index contributed by atoms with van der Waals surface area (Å²) in [4.78, 5) is 20.0. The van der Waals surface area contributed by atoms with Crippen LogP contribution in [-0.2, 0) is 0 Å². The molecule has 2 rings (SSSR count). The van der Waals surface area contributed by atoms with Crippen LogP contribution in [0.2, 0.25) is 5.15 Å². The average molecular weight is 421 g/mol. The molecule has 0 atom stereocenters. The molecule has 5 nitrogen and oxygen atoms in total. The Balaban J connectivity index is 2.25. The molecular formula is C12H8Br2ClN3O2. The number of halogens is 3. The number of aromatic nitrogens is 2. The van der Waals surface area contributed by atoms with Crippen LogP contribution in [0.5, 0.6) is 5.88 Å². The van der Waals surface area contributed by atoms with E-state index in [2.05, 4.69) is 47.1 Å². The molecule has 0 spiro atoms. The Morgan fingerprint density at radius 1 is 1.30 bits per heavy atom. The molecular weight excluding hydrogens is 413 g/mol. The Labute approximate surface area is 137 Å². The van der Waals surface area contributed by atoms with Gasteiger partial charge in [0, 0.05) is 15.0 Å². The van der Waals surface area contributed by atoms with E-state index >= 15 is 0 Å². The number of nitrogens with one attached hydrogen (secondary N) is 1. The highest BCUT2D eigenvalue weighted by atomic mass is 79.9. The van der Waals surface area contributed by atoms with Crippen molar-refractivity contribution in [3.8, 4) is 5.88 Å². The van der Waals surface area contributed by atoms with Crippen molar-refractivity contribution < 1.29 is 9.53 Å². The van der Waals surface area contributed by atoms with Gasteiger partial charge in [-0.3, -0.25) is 10.1 Å². The largest absolute Gasteiger partial charge is 0.481 e. The average Bonchev–Trinajstić information content (AvgIpc) is 2.37. The fourth-order valence-electron chi connectivity index (χ4n) is 1.40. The standard InChI is InChI=1S/C12H8Br2ClN3O2/c1-20-10-5-9(15)16-12(17-10)18-11(19)7-3-2-6(13)4-8(7)14/h2-5H,1H3,(H,16,17,18,19). The van der Waals surface area contributed by atoms with E-state index in [0.29, 0.717) is 10.0 Å². The molecule has 20 heavy (non-hydrogen) atoms. The summed E-state index contributed by atoms with van der Waals surface area (Å²) in [5.74, 6) is -0.00182. The van der Waals surface area contributed by atoms with Crippen LogP contribution < -0.4 is 10.1 Å². The number of anilines is 1. The van der Waals surface area contributed by atoms with Crippen LogP contribution >= 0.6 is 43.5 Å². The zero-order valence-corrected chi connectivity index (χ0v) is 14.1. The summed E-state index contributed by atoms with van der Waals surface area (Å²) in [6.45, 7) is 0. The van der Waals surface area contributed by atoms with Crippen molar-refractivity contribution in [3.05, 3.63) is 43.9 Å². The molecule has 1 aromatic carbocycles. The fourth-order valence-corrected chi connectivity index (χ4v) is 2.80. The Morgan fingerprint density at radius 2 is 2.05 bits per heavy atom. The van der Waals surface area contributed by atoms with Gasteiger partial charge in [0.15, 0.2) is 0 Å². The van der Waals surface area contributed by atoms with Crippen LogP contribution in [0, 0.1) is 0 Å². The molecule has 0 saturated carbocycles. The molecule has 0 unspecified atom stereocenters. The van der Waals surface area contributed by atoms with Gasteiger partial charge in [0.2, 0.25) is 11.8 Å². The summed E-state index contributed by atoms with van der Waals surface area (Å²) < 4.78 is 6.47. The maximum Gasteiger partial charge on any atom is 0.259 e. The van der Waals surface area contributed by atoms with Crippen molar-refractivity contribution >= 4 is 55.3 Å². The van der Waals surface area contributed by atoms with Crippen molar-refractivity contribution in [1.29, 1.82) is 0 Å². The Kier molecular flexibility index (Phi) is 4.95. The van der Waals surface area contributed by atoms with Crippen LogP contribution in [0.4, 0.5) is 5.95 Å². The second-order valence-electron chi connectivity index (χ2n) is 3.63. The van der Waals surface area contributed by atoms with E-state index in [4.69, 9.17) is 16.3 Å². The van der Waals surface area contributed by atoms with Gasteiger partial charge in [-0.1, -0.05) is 27.5 Å². The Hall–Kier alpha value is -1.18. The number of carbonyl (C=O) groups is 1. The van der Waals surface area contributed by atoms with E-state index in [-0.39, 0.29) is 22.9 Å². The molecule has 0 aliphatic rings. The van der Waals surface area contributed by atoms with Crippen LogP contribution in [-0.4, -0.2) is 23.0 Å². The van der Waals surface area contributed by atoms with Gasteiger partial charge < -0.3 is 4.74 Å². The summed E-state index contributed by atoms with van der Waals surface area (Å²) >= 11 is 12.5. The van der Waals surface area contributed by atoms with Crippen LogP contribution in [0.3, 0.4) is 0 Å². The molecule has 0 bridgehead atoms. The van der Waals surface area contributed by atoms with Crippen molar-refractivity contribution in [3.63, 3.8) is 0 Å². The highest BCUT2D eigenvalue weighted by Crippen LogP contribution is 2.23. The first kappa shape index (κ1) is 15.2. The van der Waals surface area contributed by atoms with Crippen molar-refractivity contribution in [2.24, 2.45) is 0 Å². The maximum absolute atomic E-state index is 12.1. The van der Waals surface area contributed by atoms with Gasteiger partial charge in [-0.2, -0.15) is 4.98 Å². The minimum Gasteiger partial charge on any atom is -0.481 e. The number of methoxy groups -OCH3 is 1. The normalized spacial score (nSPS) is 10.2. The number of amides is 1. The minimum absolute atomic E-state index is 0.0779. The van der Waals surface area contributed by atoms with Gasteiger partial charge in [-0.05, 0) is 34.1 Å². The monoisotopic (exact) mass is 419 g/mol. The van der Waals surface area contributed by atoms with Crippen LogP contribution in [0.1, 0.15) is 10.4 Å². The van der Waals surface area contributed by atoms with Gasteiger partial charge in [0.25, 0.3) is 5.91 Å². The predicted octanol–water partition coefficient (Wildman–Crippen LogP) is 3.92. The molecule has 0 aliphatic heterocycles. The molecule has 2 aromatic rings.